The second-order valence-electron chi connectivity index (χ2n) is 8.17. The highest BCUT2D eigenvalue weighted by atomic mass is 16.5. The van der Waals surface area contributed by atoms with Crippen LogP contribution in [-0.2, 0) is 17.8 Å². The van der Waals surface area contributed by atoms with Crippen LogP contribution < -0.4 is 0 Å². The number of likely N-dealkylation sites (tertiary alicyclic amines) is 1. The van der Waals surface area contributed by atoms with Gasteiger partial charge in [-0.3, -0.25) is 9.59 Å². The van der Waals surface area contributed by atoms with Gasteiger partial charge in [-0.2, -0.15) is 0 Å². The average Bonchev–Trinajstić information content (AvgIpc) is 3.23. The van der Waals surface area contributed by atoms with Crippen LogP contribution in [0.25, 0.3) is 0 Å². The largest absolute Gasteiger partial charge is 0.351 e. The molecule has 0 bridgehead atoms. The average molecular weight is 397 g/mol. The molecular formula is C21H27N5O3. The van der Waals surface area contributed by atoms with E-state index in [1.54, 1.807) is 17.9 Å². The molecule has 1 fully saturated rings. The first-order valence-electron chi connectivity index (χ1n) is 10.3. The molecule has 2 aliphatic heterocycles. The number of rotatable bonds is 3. The standard InChI is InChI=1S/C21H27N5O3/c1-13(2)17-10-19(29-24-17)21(28)26-8-5-4-6-18(26)20-22-11-15-12-25(14(3)27)9-7-16(15)23-20/h10-11,13,18H,4-9,12H2,1-3H3/t18-/m0/s1. The Morgan fingerprint density at radius 2 is 2.07 bits per heavy atom. The van der Waals surface area contributed by atoms with E-state index in [-0.39, 0.29) is 29.5 Å². The Bertz CT molecular complexity index is 923. The molecule has 1 saturated heterocycles. The topological polar surface area (TPSA) is 92.4 Å². The molecule has 2 aromatic rings. The van der Waals surface area contributed by atoms with Gasteiger partial charge in [-0.05, 0) is 25.2 Å². The van der Waals surface area contributed by atoms with Crippen LogP contribution in [0.4, 0.5) is 0 Å². The van der Waals surface area contributed by atoms with Gasteiger partial charge in [-0.1, -0.05) is 19.0 Å². The number of aromatic nitrogens is 3. The number of amides is 2. The van der Waals surface area contributed by atoms with Gasteiger partial charge in [-0.15, -0.1) is 0 Å². The maximum atomic E-state index is 13.1. The molecule has 0 N–H and O–H groups in total. The highest BCUT2D eigenvalue weighted by Crippen LogP contribution is 2.31. The van der Waals surface area contributed by atoms with Crippen molar-refractivity contribution >= 4 is 11.8 Å². The maximum Gasteiger partial charge on any atom is 0.293 e. The molecule has 0 aliphatic carbocycles. The zero-order valence-electron chi connectivity index (χ0n) is 17.2. The minimum atomic E-state index is -0.167. The minimum absolute atomic E-state index is 0.0663. The molecular weight excluding hydrogens is 370 g/mol. The molecule has 8 nitrogen and oxygen atoms in total. The van der Waals surface area contributed by atoms with Crippen molar-refractivity contribution in [1.29, 1.82) is 0 Å². The maximum absolute atomic E-state index is 13.1. The van der Waals surface area contributed by atoms with Gasteiger partial charge < -0.3 is 14.3 Å². The number of carbonyl (C=O) groups excluding carboxylic acids is 2. The van der Waals surface area contributed by atoms with E-state index in [0.29, 0.717) is 31.9 Å². The Balaban J connectivity index is 1.57. The van der Waals surface area contributed by atoms with Crippen molar-refractivity contribution in [3.8, 4) is 0 Å². The summed E-state index contributed by atoms with van der Waals surface area (Å²) in [6.07, 6.45) is 5.34. The third kappa shape index (κ3) is 3.88. The molecule has 2 aliphatic rings. The monoisotopic (exact) mass is 397 g/mol. The molecule has 2 amide bonds. The number of hydrogen-bond donors (Lipinski definition) is 0. The first-order chi connectivity index (χ1) is 13.9. The Morgan fingerprint density at radius 1 is 1.24 bits per heavy atom. The summed E-state index contributed by atoms with van der Waals surface area (Å²) in [4.78, 5) is 37.8. The predicted octanol–water partition coefficient (Wildman–Crippen LogP) is 2.86. The van der Waals surface area contributed by atoms with Gasteiger partial charge >= 0.3 is 0 Å². The minimum Gasteiger partial charge on any atom is -0.351 e. The van der Waals surface area contributed by atoms with Crippen molar-refractivity contribution in [3.63, 3.8) is 0 Å². The van der Waals surface area contributed by atoms with Crippen LogP contribution in [0.1, 0.15) is 85.3 Å². The van der Waals surface area contributed by atoms with Gasteiger partial charge in [0.05, 0.1) is 17.4 Å². The molecule has 0 aromatic carbocycles. The van der Waals surface area contributed by atoms with Crippen LogP contribution in [0, 0.1) is 0 Å². The number of piperidine rings is 1. The van der Waals surface area contributed by atoms with Crippen molar-refractivity contribution in [2.75, 3.05) is 13.1 Å². The second kappa shape index (κ2) is 7.93. The first kappa shape index (κ1) is 19.5. The van der Waals surface area contributed by atoms with Gasteiger partial charge in [0.15, 0.2) is 5.82 Å². The molecule has 2 aromatic heterocycles. The number of hydrogen-bond acceptors (Lipinski definition) is 6. The SMILES string of the molecule is CC(=O)N1CCc2nc([C@@H]3CCCCN3C(=O)c3cc(C(C)C)no3)ncc2C1. The van der Waals surface area contributed by atoms with E-state index in [1.807, 2.05) is 24.9 Å². The third-order valence-electron chi connectivity index (χ3n) is 5.79. The zero-order chi connectivity index (χ0) is 20.5. The third-order valence-corrected chi connectivity index (χ3v) is 5.79. The van der Waals surface area contributed by atoms with E-state index in [4.69, 9.17) is 9.51 Å². The van der Waals surface area contributed by atoms with Crippen molar-refractivity contribution in [1.82, 2.24) is 24.9 Å². The number of fused-ring (bicyclic) bond motifs is 1. The molecule has 4 rings (SSSR count). The quantitative estimate of drug-likeness (QED) is 0.791. The zero-order valence-corrected chi connectivity index (χ0v) is 17.2. The van der Waals surface area contributed by atoms with Crippen LogP contribution in [0.15, 0.2) is 16.8 Å². The molecule has 0 spiro atoms. The molecule has 8 heteroatoms. The second-order valence-corrected chi connectivity index (χ2v) is 8.17. The van der Waals surface area contributed by atoms with E-state index >= 15 is 0 Å². The predicted molar refractivity (Wildman–Crippen MR) is 105 cm³/mol. The van der Waals surface area contributed by atoms with Crippen molar-refractivity contribution < 1.29 is 14.1 Å². The van der Waals surface area contributed by atoms with Crippen LogP contribution in [-0.4, -0.2) is 49.8 Å². The highest BCUT2D eigenvalue weighted by molar-refractivity contribution is 5.91. The summed E-state index contributed by atoms with van der Waals surface area (Å²) in [6.45, 7) is 7.49. The molecule has 0 unspecified atom stereocenters. The van der Waals surface area contributed by atoms with E-state index in [0.717, 1.165) is 36.2 Å². The highest BCUT2D eigenvalue weighted by Gasteiger charge is 2.33. The Labute approximate surface area is 170 Å². The molecule has 0 radical (unpaired) electrons. The van der Waals surface area contributed by atoms with Gasteiger partial charge in [0.1, 0.15) is 0 Å². The summed E-state index contributed by atoms with van der Waals surface area (Å²) in [7, 11) is 0. The van der Waals surface area contributed by atoms with E-state index in [9.17, 15) is 9.59 Å². The van der Waals surface area contributed by atoms with Gasteiger partial charge in [0.2, 0.25) is 11.7 Å². The van der Waals surface area contributed by atoms with Crippen LogP contribution in [0.2, 0.25) is 0 Å². The van der Waals surface area contributed by atoms with Crippen LogP contribution in [0.3, 0.4) is 0 Å². The lowest BCUT2D eigenvalue weighted by molar-refractivity contribution is -0.129. The van der Waals surface area contributed by atoms with Gasteiger partial charge in [0.25, 0.3) is 5.91 Å². The fourth-order valence-electron chi connectivity index (χ4n) is 4.01. The lowest BCUT2D eigenvalue weighted by atomic mass is 9.99. The van der Waals surface area contributed by atoms with Crippen LogP contribution >= 0.6 is 0 Å². The summed E-state index contributed by atoms with van der Waals surface area (Å²) in [5.74, 6) is 1.07. The van der Waals surface area contributed by atoms with Gasteiger partial charge in [-0.25, -0.2) is 9.97 Å². The number of carbonyl (C=O) groups is 2. The molecule has 1 atom stereocenters. The normalized spacial score (nSPS) is 19.4. The summed E-state index contributed by atoms with van der Waals surface area (Å²) < 4.78 is 5.33. The molecule has 0 saturated carbocycles. The lowest BCUT2D eigenvalue weighted by Gasteiger charge is -2.35. The van der Waals surface area contributed by atoms with E-state index < -0.39 is 0 Å². The van der Waals surface area contributed by atoms with Crippen molar-refractivity contribution in [3.05, 3.63) is 40.8 Å². The fraction of sp³-hybridized carbons (Fsp3) is 0.571. The van der Waals surface area contributed by atoms with Crippen molar-refractivity contribution in [2.24, 2.45) is 0 Å². The van der Waals surface area contributed by atoms with E-state index in [2.05, 4.69) is 10.1 Å². The summed E-state index contributed by atoms with van der Waals surface area (Å²) in [5.41, 5.74) is 2.75. The van der Waals surface area contributed by atoms with E-state index in [1.165, 1.54) is 0 Å². The van der Waals surface area contributed by atoms with Crippen molar-refractivity contribution in [2.45, 2.75) is 65.0 Å². The smallest absolute Gasteiger partial charge is 0.293 e. The summed E-state index contributed by atoms with van der Waals surface area (Å²) >= 11 is 0. The Morgan fingerprint density at radius 3 is 2.79 bits per heavy atom. The fourth-order valence-corrected chi connectivity index (χ4v) is 4.01. The molecule has 4 heterocycles. The summed E-state index contributed by atoms with van der Waals surface area (Å²) in [6, 6.07) is 1.57. The Kier molecular flexibility index (Phi) is 5.34. The molecule has 29 heavy (non-hydrogen) atoms. The summed E-state index contributed by atoms with van der Waals surface area (Å²) in [5, 5.41) is 4.02. The molecule has 154 valence electrons. The lowest BCUT2D eigenvalue weighted by Crippen LogP contribution is -2.40. The Hall–Kier alpha value is -2.77. The van der Waals surface area contributed by atoms with Crippen LogP contribution in [0.5, 0.6) is 0 Å². The van der Waals surface area contributed by atoms with Gasteiger partial charge in [0, 0.05) is 50.8 Å². The number of nitrogens with zero attached hydrogens (tertiary/aromatic N) is 5. The first-order valence-corrected chi connectivity index (χ1v) is 10.3.